The minimum atomic E-state index is 0.216. The Labute approximate surface area is 117 Å². The molecule has 2 unspecified atom stereocenters. The minimum absolute atomic E-state index is 0.216. The molecule has 2 atom stereocenters. The molecule has 2 heteroatoms. The number of hydrogen-bond donors (Lipinski definition) is 1. The summed E-state index contributed by atoms with van der Waals surface area (Å²) in [5, 5.41) is 0. The number of benzene rings is 1. The summed E-state index contributed by atoms with van der Waals surface area (Å²) in [6.07, 6.45) is 4.69. The highest BCUT2D eigenvalue weighted by molar-refractivity contribution is 5.37. The first-order valence-corrected chi connectivity index (χ1v) is 7.46. The standard InChI is InChI=1S/C17H27NO/c1-17(2,3)16(18)10-6-7-13-11-12-19-15-9-5-4-8-14(13)15/h4-5,8-9,13,16H,6-7,10-12,18H2,1-3H3. The second-order valence-electron chi connectivity index (χ2n) is 6.78. The largest absolute Gasteiger partial charge is 0.493 e. The molecule has 0 saturated carbocycles. The maximum atomic E-state index is 6.24. The van der Waals surface area contributed by atoms with Crippen LogP contribution in [0.15, 0.2) is 24.3 Å². The van der Waals surface area contributed by atoms with Gasteiger partial charge in [-0.15, -0.1) is 0 Å². The van der Waals surface area contributed by atoms with Crippen LogP contribution in [0.2, 0.25) is 0 Å². The van der Waals surface area contributed by atoms with Gasteiger partial charge < -0.3 is 10.5 Å². The van der Waals surface area contributed by atoms with Crippen LogP contribution < -0.4 is 10.5 Å². The molecule has 2 nitrogen and oxygen atoms in total. The van der Waals surface area contributed by atoms with Gasteiger partial charge in [0, 0.05) is 6.04 Å². The Morgan fingerprint density at radius 2 is 2.05 bits per heavy atom. The smallest absolute Gasteiger partial charge is 0.122 e. The van der Waals surface area contributed by atoms with Gasteiger partial charge in [0.15, 0.2) is 0 Å². The van der Waals surface area contributed by atoms with Gasteiger partial charge in [0.25, 0.3) is 0 Å². The van der Waals surface area contributed by atoms with Gasteiger partial charge in [0.1, 0.15) is 5.75 Å². The second kappa shape index (κ2) is 5.96. The van der Waals surface area contributed by atoms with E-state index in [1.807, 2.05) is 0 Å². The fourth-order valence-electron chi connectivity index (χ4n) is 2.73. The van der Waals surface area contributed by atoms with E-state index in [1.54, 1.807) is 0 Å². The topological polar surface area (TPSA) is 35.2 Å². The monoisotopic (exact) mass is 261 g/mol. The lowest BCUT2D eigenvalue weighted by Gasteiger charge is -2.29. The Bertz CT molecular complexity index is 408. The SMILES string of the molecule is CC(C)(C)C(N)CCCC1CCOc2ccccc21. The summed E-state index contributed by atoms with van der Waals surface area (Å²) < 4.78 is 5.71. The van der Waals surface area contributed by atoms with E-state index in [9.17, 15) is 0 Å². The van der Waals surface area contributed by atoms with Crippen molar-refractivity contribution in [1.82, 2.24) is 0 Å². The van der Waals surface area contributed by atoms with Crippen LogP contribution in [-0.4, -0.2) is 12.6 Å². The molecule has 2 N–H and O–H groups in total. The van der Waals surface area contributed by atoms with Crippen LogP contribution >= 0.6 is 0 Å². The second-order valence-corrected chi connectivity index (χ2v) is 6.78. The maximum absolute atomic E-state index is 6.24. The van der Waals surface area contributed by atoms with Crippen molar-refractivity contribution < 1.29 is 4.74 Å². The average Bonchev–Trinajstić information content (AvgIpc) is 2.38. The van der Waals surface area contributed by atoms with Gasteiger partial charge >= 0.3 is 0 Å². The van der Waals surface area contributed by atoms with Crippen molar-refractivity contribution in [3.63, 3.8) is 0 Å². The first-order chi connectivity index (χ1) is 8.98. The molecule has 0 amide bonds. The lowest BCUT2D eigenvalue weighted by atomic mass is 9.82. The molecule has 0 fully saturated rings. The van der Waals surface area contributed by atoms with Crippen LogP contribution in [-0.2, 0) is 0 Å². The predicted molar refractivity (Wildman–Crippen MR) is 80.6 cm³/mol. The van der Waals surface area contributed by atoms with Crippen LogP contribution in [0.3, 0.4) is 0 Å². The van der Waals surface area contributed by atoms with Crippen molar-refractivity contribution in [3.8, 4) is 5.75 Å². The lowest BCUT2D eigenvalue weighted by molar-refractivity contribution is 0.255. The Balaban J connectivity index is 1.88. The molecular weight excluding hydrogens is 234 g/mol. The predicted octanol–water partition coefficient (Wildman–Crippen LogP) is 4.10. The zero-order chi connectivity index (χ0) is 13.9. The van der Waals surface area contributed by atoms with Crippen molar-refractivity contribution in [3.05, 3.63) is 29.8 Å². The van der Waals surface area contributed by atoms with Gasteiger partial charge in [0.05, 0.1) is 6.61 Å². The van der Waals surface area contributed by atoms with Crippen molar-refractivity contribution in [2.45, 2.75) is 58.4 Å². The molecule has 106 valence electrons. The Kier molecular flexibility index (Phi) is 4.51. The highest BCUT2D eigenvalue weighted by Crippen LogP contribution is 2.36. The fourth-order valence-corrected chi connectivity index (χ4v) is 2.73. The van der Waals surface area contributed by atoms with Crippen LogP contribution in [0.1, 0.15) is 57.9 Å². The third-order valence-electron chi connectivity index (χ3n) is 4.26. The summed E-state index contributed by atoms with van der Waals surface area (Å²) in [4.78, 5) is 0. The zero-order valence-electron chi connectivity index (χ0n) is 12.5. The first-order valence-electron chi connectivity index (χ1n) is 7.46. The van der Waals surface area contributed by atoms with Gasteiger partial charge in [-0.25, -0.2) is 0 Å². The lowest BCUT2D eigenvalue weighted by Crippen LogP contribution is -2.34. The van der Waals surface area contributed by atoms with Crippen LogP contribution in [0, 0.1) is 5.41 Å². The average molecular weight is 261 g/mol. The number of ether oxygens (including phenoxy) is 1. The molecule has 0 spiro atoms. The highest BCUT2D eigenvalue weighted by atomic mass is 16.5. The van der Waals surface area contributed by atoms with Crippen molar-refractivity contribution >= 4 is 0 Å². The molecule has 1 aromatic rings. The summed E-state index contributed by atoms with van der Waals surface area (Å²) in [5.41, 5.74) is 7.84. The highest BCUT2D eigenvalue weighted by Gasteiger charge is 2.23. The van der Waals surface area contributed by atoms with E-state index in [0.29, 0.717) is 12.0 Å². The van der Waals surface area contributed by atoms with Crippen molar-refractivity contribution in [1.29, 1.82) is 0 Å². The van der Waals surface area contributed by atoms with Crippen LogP contribution in [0.5, 0.6) is 5.75 Å². The van der Waals surface area contributed by atoms with E-state index in [2.05, 4.69) is 45.0 Å². The van der Waals surface area contributed by atoms with E-state index in [1.165, 1.54) is 18.4 Å². The summed E-state index contributed by atoms with van der Waals surface area (Å²) >= 11 is 0. The number of rotatable bonds is 4. The molecule has 1 heterocycles. The van der Waals surface area contributed by atoms with E-state index >= 15 is 0 Å². The van der Waals surface area contributed by atoms with Gasteiger partial charge in [-0.1, -0.05) is 45.4 Å². The van der Waals surface area contributed by atoms with E-state index in [4.69, 9.17) is 10.5 Å². The fraction of sp³-hybridized carbons (Fsp3) is 0.647. The zero-order valence-corrected chi connectivity index (χ0v) is 12.5. The molecule has 1 aliphatic heterocycles. The summed E-state index contributed by atoms with van der Waals surface area (Å²) in [6, 6.07) is 8.76. The number of fused-ring (bicyclic) bond motifs is 1. The summed E-state index contributed by atoms with van der Waals surface area (Å²) in [6.45, 7) is 7.53. The quantitative estimate of drug-likeness (QED) is 0.885. The van der Waals surface area contributed by atoms with E-state index < -0.39 is 0 Å². The van der Waals surface area contributed by atoms with Gasteiger partial charge in [-0.2, -0.15) is 0 Å². The molecule has 2 rings (SSSR count). The van der Waals surface area contributed by atoms with Gasteiger partial charge in [-0.3, -0.25) is 0 Å². The third-order valence-corrected chi connectivity index (χ3v) is 4.26. The molecule has 1 aromatic carbocycles. The molecular formula is C17H27NO. The molecule has 0 saturated heterocycles. The third kappa shape index (κ3) is 3.73. The van der Waals surface area contributed by atoms with Gasteiger partial charge in [0.2, 0.25) is 0 Å². The van der Waals surface area contributed by atoms with E-state index in [-0.39, 0.29) is 5.41 Å². The van der Waals surface area contributed by atoms with E-state index in [0.717, 1.165) is 25.2 Å². The molecule has 19 heavy (non-hydrogen) atoms. The number of nitrogens with two attached hydrogens (primary N) is 1. The van der Waals surface area contributed by atoms with Crippen LogP contribution in [0.4, 0.5) is 0 Å². The number of hydrogen-bond acceptors (Lipinski definition) is 2. The Morgan fingerprint density at radius 3 is 2.79 bits per heavy atom. The molecule has 0 aliphatic carbocycles. The van der Waals surface area contributed by atoms with Crippen molar-refractivity contribution in [2.75, 3.05) is 6.61 Å². The Hall–Kier alpha value is -1.02. The van der Waals surface area contributed by atoms with Gasteiger partial charge in [-0.05, 0) is 42.2 Å². The number of para-hydroxylation sites is 1. The normalized spacial score (nSPS) is 20.5. The maximum Gasteiger partial charge on any atom is 0.122 e. The molecule has 0 radical (unpaired) electrons. The summed E-state index contributed by atoms with van der Waals surface area (Å²) in [5.74, 6) is 1.73. The first kappa shape index (κ1) is 14.4. The Morgan fingerprint density at radius 1 is 1.32 bits per heavy atom. The molecule has 1 aliphatic rings. The molecule has 0 bridgehead atoms. The van der Waals surface area contributed by atoms with Crippen molar-refractivity contribution in [2.24, 2.45) is 11.1 Å². The molecule has 0 aromatic heterocycles. The minimum Gasteiger partial charge on any atom is -0.493 e. The summed E-state index contributed by atoms with van der Waals surface area (Å²) in [7, 11) is 0. The van der Waals surface area contributed by atoms with Crippen LogP contribution in [0.25, 0.3) is 0 Å².